The fraction of sp³-hybridized carbons (Fsp3) is 0.222. The van der Waals surface area contributed by atoms with Gasteiger partial charge in [0.25, 0.3) is 0 Å². The molecule has 2 aromatic heterocycles. The molecule has 0 atom stereocenters. The van der Waals surface area contributed by atoms with Gasteiger partial charge in [-0.15, -0.1) is 0 Å². The van der Waals surface area contributed by atoms with Crippen molar-refractivity contribution >= 4 is 28.5 Å². The first kappa shape index (κ1) is 16.6. The Hall–Kier alpha value is -3.22. The van der Waals surface area contributed by atoms with Gasteiger partial charge in [0, 0.05) is 19.0 Å². The monoisotopic (exact) mass is 337 g/mol. The number of nitrogens with one attached hydrogen (secondary N) is 3. The zero-order valence-electron chi connectivity index (χ0n) is 13.9. The number of anilines is 1. The number of nitrogens with zero attached hydrogens (tertiary/aromatic N) is 2. The normalized spacial score (nSPS) is 10.6. The Bertz CT molecular complexity index is 889. The molecule has 3 N–H and O–H groups in total. The molecule has 0 aliphatic rings. The van der Waals surface area contributed by atoms with Gasteiger partial charge in [0.05, 0.1) is 29.5 Å². The quantitative estimate of drug-likeness (QED) is 0.640. The highest BCUT2D eigenvalue weighted by Crippen LogP contribution is 2.16. The van der Waals surface area contributed by atoms with Crippen molar-refractivity contribution in [3.8, 4) is 0 Å². The van der Waals surface area contributed by atoms with Crippen LogP contribution in [0.3, 0.4) is 0 Å². The molecule has 0 aliphatic carbocycles. The van der Waals surface area contributed by atoms with Crippen LogP contribution in [0.4, 0.5) is 5.69 Å². The average Bonchev–Trinajstić information content (AvgIpc) is 3.04. The third kappa shape index (κ3) is 4.41. The van der Waals surface area contributed by atoms with Gasteiger partial charge in [-0.2, -0.15) is 0 Å². The van der Waals surface area contributed by atoms with E-state index >= 15 is 0 Å². The average molecular weight is 337 g/mol. The molecular weight excluding hydrogens is 318 g/mol. The number of aromatic amines is 1. The van der Waals surface area contributed by atoms with Gasteiger partial charge in [0.2, 0.25) is 11.8 Å². The second-order valence-corrected chi connectivity index (χ2v) is 5.72. The van der Waals surface area contributed by atoms with Crippen LogP contribution in [-0.2, 0) is 16.0 Å². The van der Waals surface area contributed by atoms with E-state index in [0.29, 0.717) is 12.1 Å². The highest BCUT2D eigenvalue weighted by atomic mass is 16.2. The van der Waals surface area contributed by atoms with E-state index in [-0.39, 0.29) is 24.8 Å². The smallest absolute Gasteiger partial charge is 0.243 e. The minimum absolute atomic E-state index is 0.0764. The minimum atomic E-state index is -0.291. The molecule has 2 heterocycles. The van der Waals surface area contributed by atoms with Crippen molar-refractivity contribution in [1.29, 1.82) is 0 Å². The summed E-state index contributed by atoms with van der Waals surface area (Å²) in [6, 6.07) is 9.38. The number of hydrogen-bond acceptors (Lipinski definition) is 4. The van der Waals surface area contributed by atoms with Crippen molar-refractivity contribution in [3.63, 3.8) is 0 Å². The van der Waals surface area contributed by atoms with Crippen LogP contribution in [0.5, 0.6) is 0 Å². The molecule has 128 valence electrons. The van der Waals surface area contributed by atoms with Crippen LogP contribution in [0.25, 0.3) is 11.0 Å². The van der Waals surface area contributed by atoms with Gasteiger partial charge in [0.1, 0.15) is 5.82 Å². The van der Waals surface area contributed by atoms with Gasteiger partial charge in [-0.25, -0.2) is 4.98 Å². The molecule has 2 amide bonds. The van der Waals surface area contributed by atoms with E-state index in [1.165, 1.54) is 0 Å². The summed E-state index contributed by atoms with van der Waals surface area (Å²) in [4.78, 5) is 35.3. The molecule has 3 aromatic rings. The SMILES string of the molecule is Cc1cccc2[nH]c(CCC(=O)NCC(=O)Nc3cccnc3)nc12. The van der Waals surface area contributed by atoms with Crippen molar-refractivity contribution in [2.45, 2.75) is 19.8 Å². The Morgan fingerprint density at radius 3 is 2.80 bits per heavy atom. The molecule has 0 radical (unpaired) electrons. The molecule has 0 saturated carbocycles. The molecule has 7 nitrogen and oxygen atoms in total. The highest BCUT2D eigenvalue weighted by molar-refractivity contribution is 5.94. The summed E-state index contributed by atoms with van der Waals surface area (Å²) in [5.74, 6) is 0.276. The maximum atomic E-state index is 11.9. The van der Waals surface area contributed by atoms with E-state index < -0.39 is 0 Å². The van der Waals surface area contributed by atoms with Crippen LogP contribution in [-0.4, -0.2) is 33.3 Å². The van der Waals surface area contributed by atoms with E-state index in [4.69, 9.17) is 0 Å². The molecular formula is C18H19N5O2. The standard InChI is InChI=1S/C18H19N5O2/c1-12-4-2-6-14-18(12)23-15(22-14)7-8-16(24)20-11-17(25)21-13-5-3-9-19-10-13/h2-6,9-10H,7-8,11H2,1H3,(H,20,24)(H,21,25)(H,22,23). The van der Waals surface area contributed by atoms with Crippen LogP contribution < -0.4 is 10.6 Å². The number of fused-ring (bicyclic) bond motifs is 1. The lowest BCUT2D eigenvalue weighted by molar-refractivity contribution is -0.124. The Morgan fingerprint density at radius 1 is 1.16 bits per heavy atom. The lowest BCUT2D eigenvalue weighted by Gasteiger charge is -2.06. The number of H-pyrrole nitrogens is 1. The third-order valence-electron chi connectivity index (χ3n) is 3.74. The van der Waals surface area contributed by atoms with Gasteiger partial charge >= 0.3 is 0 Å². The van der Waals surface area contributed by atoms with Crippen molar-refractivity contribution in [2.24, 2.45) is 0 Å². The largest absolute Gasteiger partial charge is 0.347 e. The number of para-hydroxylation sites is 1. The fourth-order valence-corrected chi connectivity index (χ4v) is 2.49. The predicted octanol–water partition coefficient (Wildman–Crippen LogP) is 1.95. The molecule has 0 bridgehead atoms. The Labute approximate surface area is 144 Å². The number of hydrogen-bond donors (Lipinski definition) is 3. The van der Waals surface area contributed by atoms with Gasteiger partial charge in [-0.1, -0.05) is 12.1 Å². The van der Waals surface area contributed by atoms with Gasteiger partial charge in [0.15, 0.2) is 0 Å². The van der Waals surface area contributed by atoms with Crippen LogP contribution in [0, 0.1) is 6.92 Å². The molecule has 0 fully saturated rings. The molecule has 3 rings (SSSR count). The van der Waals surface area contributed by atoms with Gasteiger partial charge < -0.3 is 15.6 Å². The summed E-state index contributed by atoms with van der Waals surface area (Å²) in [6.45, 7) is 1.92. The van der Waals surface area contributed by atoms with E-state index in [1.54, 1.807) is 24.5 Å². The molecule has 0 spiro atoms. The first-order valence-electron chi connectivity index (χ1n) is 8.02. The molecule has 0 unspecified atom stereocenters. The Kier molecular flexibility index (Phi) is 5.03. The maximum absolute atomic E-state index is 11.9. The van der Waals surface area contributed by atoms with Crippen molar-refractivity contribution in [1.82, 2.24) is 20.3 Å². The summed E-state index contributed by atoms with van der Waals surface area (Å²) < 4.78 is 0. The zero-order chi connectivity index (χ0) is 17.6. The van der Waals surface area contributed by atoms with Crippen LogP contribution in [0.1, 0.15) is 17.8 Å². The number of aryl methyl sites for hydroxylation is 2. The van der Waals surface area contributed by atoms with Crippen molar-refractivity contribution in [3.05, 3.63) is 54.1 Å². The Morgan fingerprint density at radius 2 is 2.04 bits per heavy atom. The lowest BCUT2D eigenvalue weighted by Crippen LogP contribution is -2.33. The second kappa shape index (κ2) is 7.57. The van der Waals surface area contributed by atoms with Gasteiger partial charge in [-0.05, 0) is 30.7 Å². The van der Waals surface area contributed by atoms with Crippen LogP contribution >= 0.6 is 0 Å². The summed E-state index contributed by atoms with van der Waals surface area (Å²) >= 11 is 0. The number of imidazole rings is 1. The topological polar surface area (TPSA) is 99.8 Å². The zero-order valence-corrected chi connectivity index (χ0v) is 13.9. The van der Waals surface area contributed by atoms with E-state index in [1.807, 2.05) is 25.1 Å². The van der Waals surface area contributed by atoms with E-state index in [2.05, 4.69) is 25.6 Å². The summed E-state index contributed by atoms with van der Waals surface area (Å²) in [5, 5.41) is 5.27. The van der Waals surface area contributed by atoms with E-state index in [0.717, 1.165) is 22.4 Å². The number of amides is 2. The maximum Gasteiger partial charge on any atom is 0.243 e. The summed E-state index contributed by atoms with van der Waals surface area (Å²) in [6.07, 6.45) is 3.92. The van der Waals surface area contributed by atoms with Crippen molar-refractivity contribution < 1.29 is 9.59 Å². The first-order valence-corrected chi connectivity index (χ1v) is 8.02. The first-order chi connectivity index (χ1) is 12.1. The predicted molar refractivity (Wildman–Crippen MR) is 95.0 cm³/mol. The minimum Gasteiger partial charge on any atom is -0.347 e. The fourth-order valence-electron chi connectivity index (χ4n) is 2.49. The third-order valence-corrected chi connectivity index (χ3v) is 3.74. The number of carbonyl (C=O) groups excluding carboxylic acids is 2. The lowest BCUT2D eigenvalue weighted by atomic mass is 10.2. The molecule has 0 saturated heterocycles. The molecule has 1 aromatic carbocycles. The number of pyridine rings is 1. The molecule has 7 heteroatoms. The number of carbonyl (C=O) groups is 2. The number of rotatable bonds is 6. The highest BCUT2D eigenvalue weighted by Gasteiger charge is 2.09. The summed E-state index contributed by atoms with van der Waals surface area (Å²) in [7, 11) is 0. The van der Waals surface area contributed by atoms with Crippen LogP contribution in [0.2, 0.25) is 0 Å². The van der Waals surface area contributed by atoms with Crippen molar-refractivity contribution in [2.75, 3.05) is 11.9 Å². The van der Waals surface area contributed by atoms with Gasteiger partial charge in [-0.3, -0.25) is 14.6 Å². The number of aromatic nitrogens is 3. The molecule has 0 aliphatic heterocycles. The van der Waals surface area contributed by atoms with Crippen LogP contribution in [0.15, 0.2) is 42.7 Å². The Balaban J connectivity index is 1.46. The van der Waals surface area contributed by atoms with E-state index in [9.17, 15) is 9.59 Å². The summed E-state index contributed by atoms with van der Waals surface area (Å²) in [5.41, 5.74) is 3.58. The second-order valence-electron chi connectivity index (χ2n) is 5.72. The number of benzene rings is 1. The molecule has 25 heavy (non-hydrogen) atoms.